The molecule has 0 bridgehead atoms. The zero-order valence-corrected chi connectivity index (χ0v) is 9.42. The molecule has 0 spiro atoms. The molecule has 1 aromatic rings. The highest BCUT2D eigenvalue weighted by atomic mass is 32.2. The van der Waals surface area contributed by atoms with Crippen LogP contribution in [0.3, 0.4) is 0 Å². The van der Waals surface area contributed by atoms with Crippen molar-refractivity contribution in [2.75, 3.05) is 5.75 Å². The first-order chi connectivity index (χ1) is 7.22. The maximum atomic E-state index is 10.3. The van der Waals surface area contributed by atoms with E-state index in [9.17, 15) is 4.79 Å². The zero-order chi connectivity index (χ0) is 11.1. The van der Waals surface area contributed by atoms with E-state index in [1.807, 2.05) is 0 Å². The lowest BCUT2D eigenvalue weighted by Gasteiger charge is -1.92. The number of carboxylic acid groups (broad SMARTS) is 1. The molecule has 0 aliphatic heterocycles. The SMILES string of the molecule is CCCCCc1nnc(SCC(=O)O)o1. The average Bonchev–Trinajstić information content (AvgIpc) is 2.63. The van der Waals surface area contributed by atoms with Crippen molar-refractivity contribution in [3.05, 3.63) is 5.89 Å². The number of hydrogen-bond donors (Lipinski definition) is 1. The third-order valence-corrected chi connectivity index (χ3v) is 2.56. The minimum absolute atomic E-state index is 0.0450. The molecule has 1 N–H and O–H groups in total. The number of aliphatic carboxylic acids is 1. The highest BCUT2D eigenvalue weighted by Gasteiger charge is 2.08. The minimum Gasteiger partial charge on any atom is -0.481 e. The number of hydrogen-bond acceptors (Lipinski definition) is 5. The van der Waals surface area contributed by atoms with Crippen molar-refractivity contribution in [2.45, 2.75) is 37.8 Å². The molecule has 0 radical (unpaired) electrons. The highest BCUT2D eigenvalue weighted by molar-refractivity contribution is 7.99. The van der Waals surface area contributed by atoms with Crippen LogP contribution in [0, 0.1) is 0 Å². The average molecular weight is 230 g/mol. The van der Waals surface area contributed by atoms with E-state index in [1.54, 1.807) is 0 Å². The maximum Gasteiger partial charge on any atom is 0.314 e. The van der Waals surface area contributed by atoms with Crippen LogP contribution in [0.4, 0.5) is 0 Å². The fraction of sp³-hybridized carbons (Fsp3) is 0.667. The standard InChI is InChI=1S/C9H14N2O3S/c1-2-3-4-5-7-10-11-9(14-7)15-6-8(12)13/h2-6H2,1H3,(H,12,13). The summed E-state index contributed by atoms with van der Waals surface area (Å²) in [5, 5.41) is 16.4. The minimum atomic E-state index is -0.884. The van der Waals surface area contributed by atoms with Gasteiger partial charge in [-0.1, -0.05) is 31.5 Å². The molecule has 0 aliphatic carbocycles. The van der Waals surface area contributed by atoms with Crippen LogP contribution in [-0.2, 0) is 11.2 Å². The van der Waals surface area contributed by atoms with Gasteiger partial charge in [0.15, 0.2) is 0 Å². The summed E-state index contributed by atoms with van der Waals surface area (Å²) >= 11 is 1.05. The number of aryl methyl sites for hydroxylation is 1. The lowest BCUT2D eigenvalue weighted by molar-refractivity contribution is -0.133. The molecule has 0 fully saturated rings. The molecular formula is C9H14N2O3S. The molecular weight excluding hydrogens is 216 g/mol. The summed E-state index contributed by atoms with van der Waals surface area (Å²) in [4.78, 5) is 10.3. The fourth-order valence-electron chi connectivity index (χ4n) is 1.05. The second-order valence-corrected chi connectivity index (χ2v) is 4.03. The number of unbranched alkanes of at least 4 members (excludes halogenated alkanes) is 2. The van der Waals surface area contributed by atoms with Gasteiger partial charge in [-0.2, -0.15) is 0 Å². The summed E-state index contributed by atoms with van der Waals surface area (Å²) in [6.45, 7) is 2.13. The van der Waals surface area contributed by atoms with Gasteiger partial charge >= 0.3 is 5.97 Å². The van der Waals surface area contributed by atoms with Gasteiger partial charge in [-0.05, 0) is 6.42 Å². The third-order valence-electron chi connectivity index (χ3n) is 1.76. The normalized spacial score (nSPS) is 10.5. The van der Waals surface area contributed by atoms with Crippen LogP contribution < -0.4 is 0 Å². The summed E-state index contributed by atoms with van der Waals surface area (Å²) in [5.41, 5.74) is 0. The van der Waals surface area contributed by atoms with Gasteiger partial charge in [-0.3, -0.25) is 4.79 Å². The Morgan fingerprint density at radius 3 is 2.93 bits per heavy atom. The van der Waals surface area contributed by atoms with Crippen molar-refractivity contribution in [3.63, 3.8) is 0 Å². The van der Waals surface area contributed by atoms with Crippen LogP contribution >= 0.6 is 11.8 Å². The van der Waals surface area contributed by atoms with Crippen molar-refractivity contribution in [3.8, 4) is 0 Å². The molecule has 0 amide bonds. The molecule has 0 atom stereocenters. The van der Waals surface area contributed by atoms with Crippen molar-refractivity contribution >= 4 is 17.7 Å². The second kappa shape index (κ2) is 6.44. The van der Waals surface area contributed by atoms with Crippen molar-refractivity contribution < 1.29 is 14.3 Å². The van der Waals surface area contributed by atoms with Gasteiger partial charge < -0.3 is 9.52 Å². The Balaban J connectivity index is 2.32. The molecule has 84 valence electrons. The Hall–Kier alpha value is -1.04. The Kier molecular flexibility index (Phi) is 5.17. The first-order valence-corrected chi connectivity index (χ1v) is 5.88. The van der Waals surface area contributed by atoms with Gasteiger partial charge in [0.25, 0.3) is 5.22 Å². The second-order valence-electron chi connectivity index (χ2n) is 3.10. The van der Waals surface area contributed by atoms with Crippen LogP contribution in [0.1, 0.15) is 32.1 Å². The first kappa shape index (κ1) is 12.0. The molecule has 0 aliphatic rings. The number of carboxylic acids is 1. The number of rotatable bonds is 7. The Labute approximate surface area is 92.3 Å². The molecule has 0 saturated carbocycles. The van der Waals surface area contributed by atoms with E-state index < -0.39 is 5.97 Å². The molecule has 0 aromatic carbocycles. The number of thioether (sulfide) groups is 1. The summed E-state index contributed by atoms with van der Waals surface area (Å²) in [7, 11) is 0. The van der Waals surface area contributed by atoms with Crippen molar-refractivity contribution in [1.29, 1.82) is 0 Å². The Morgan fingerprint density at radius 2 is 2.27 bits per heavy atom. The fourth-order valence-corrected chi connectivity index (χ4v) is 1.55. The lowest BCUT2D eigenvalue weighted by Crippen LogP contribution is -1.97. The van der Waals surface area contributed by atoms with E-state index in [4.69, 9.17) is 9.52 Å². The molecule has 1 aromatic heterocycles. The number of carbonyl (C=O) groups is 1. The van der Waals surface area contributed by atoms with E-state index in [-0.39, 0.29) is 5.75 Å². The largest absolute Gasteiger partial charge is 0.481 e. The Bertz CT molecular complexity index is 314. The van der Waals surface area contributed by atoms with E-state index >= 15 is 0 Å². The van der Waals surface area contributed by atoms with Crippen LogP contribution in [0.15, 0.2) is 9.64 Å². The van der Waals surface area contributed by atoms with Crippen LogP contribution in [0.2, 0.25) is 0 Å². The molecule has 0 unspecified atom stereocenters. The maximum absolute atomic E-state index is 10.3. The van der Waals surface area contributed by atoms with Crippen LogP contribution in [0.5, 0.6) is 0 Å². The van der Waals surface area contributed by atoms with Gasteiger partial charge in [-0.25, -0.2) is 0 Å². The Morgan fingerprint density at radius 1 is 1.47 bits per heavy atom. The van der Waals surface area contributed by atoms with Gasteiger partial charge in [0.2, 0.25) is 5.89 Å². The van der Waals surface area contributed by atoms with Gasteiger partial charge in [0.1, 0.15) is 5.75 Å². The summed E-state index contributed by atoms with van der Waals surface area (Å²) < 4.78 is 5.26. The van der Waals surface area contributed by atoms with Gasteiger partial charge in [0, 0.05) is 6.42 Å². The molecule has 1 rings (SSSR count). The van der Waals surface area contributed by atoms with E-state index in [2.05, 4.69) is 17.1 Å². The molecule has 5 nitrogen and oxygen atoms in total. The number of aromatic nitrogens is 2. The smallest absolute Gasteiger partial charge is 0.314 e. The molecule has 6 heteroatoms. The summed E-state index contributed by atoms with van der Waals surface area (Å²) in [6, 6.07) is 0. The highest BCUT2D eigenvalue weighted by Crippen LogP contribution is 2.16. The quantitative estimate of drug-likeness (QED) is 0.570. The molecule has 1 heterocycles. The van der Waals surface area contributed by atoms with Gasteiger partial charge in [0.05, 0.1) is 0 Å². The molecule has 15 heavy (non-hydrogen) atoms. The van der Waals surface area contributed by atoms with Crippen molar-refractivity contribution in [1.82, 2.24) is 10.2 Å². The third kappa shape index (κ3) is 4.83. The van der Waals surface area contributed by atoms with Crippen LogP contribution in [0.25, 0.3) is 0 Å². The summed E-state index contributed by atoms with van der Waals surface area (Å²) in [6.07, 6.45) is 4.09. The van der Waals surface area contributed by atoms with Gasteiger partial charge in [-0.15, -0.1) is 10.2 Å². The predicted octanol–water partition coefficient (Wildman–Crippen LogP) is 1.98. The zero-order valence-electron chi connectivity index (χ0n) is 8.60. The molecule has 0 saturated heterocycles. The lowest BCUT2D eigenvalue weighted by atomic mass is 10.2. The summed E-state index contributed by atoms with van der Waals surface area (Å²) in [5.74, 6) is -0.335. The van der Waals surface area contributed by atoms with E-state index in [0.29, 0.717) is 11.1 Å². The number of nitrogens with zero attached hydrogens (tertiary/aromatic N) is 2. The monoisotopic (exact) mass is 230 g/mol. The topological polar surface area (TPSA) is 76.2 Å². The first-order valence-electron chi connectivity index (χ1n) is 4.89. The van der Waals surface area contributed by atoms with E-state index in [0.717, 1.165) is 37.4 Å². The van der Waals surface area contributed by atoms with Crippen LogP contribution in [-0.4, -0.2) is 27.0 Å². The van der Waals surface area contributed by atoms with E-state index in [1.165, 1.54) is 0 Å². The van der Waals surface area contributed by atoms with Crippen molar-refractivity contribution in [2.24, 2.45) is 0 Å². The predicted molar refractivity (Wildman–Crippen MR) is 55.9 cm³/mol.